The van der Waals surface area contributed by atoms with Crippen LogP contribution in [-0.4, -0.2) is 36.7 Å². The van der Waals surface area contributed by atoms with Gasteiger partial charge in [0.15, 0.2) is 5.16 Å². The lowest BCUT2D eigenvalue weighted by Crippen LogP contribution is -2.24. The summed E-state index contributed by atoms with van der Waals surface area (Å²) in [5.74, 6) is -0.296. The summed E-state index contributed by atoms with van der Waals surface area (Å²) in [4.78, 5) is 30.2. The van der Waals surface area contributed by atoms with Gasteiger partial charge in [-0.15, -0.1) is 0 Å². The zero-order valence-corrected chi connectivity index (χ0v) is 19.8. The highest BCUT2D eigenvalue weighted by molar-refractivity contribution is 7.99. The van der Waals surface area contributed by atoms with Gasteiger partial charge in [0, 0.05) is 12.2 Å². The number of aryl methyl sites for hydroxylation is 1. The average Bonchev–Trinajstić information content (AvgIpc) is 2.78. The van der Waals surface area contributed by atoms with Crippen molar-refractivity contribution in [1.82, 2.24) is 14.3 Å². The second-order valence-corrected chi connectivity index (χ2v) is 10.0. The third-order valence-electron chi connectivity index (χ3n) is 4.92. The van der Waals surface area contributed by atoms with Crippen molar-refractivity contribution in [2.24, 2.45) is 0 Å². The Hall–Kier alpha value is -2.69. The lowest BCUT2D eigenvalue weighted by molar-refractivity contribution is -0.113. The van der Waals surface area contributed by atoms with Crippen molar-refractivity contribution in [1.29, 1.82) is 0 Å². The lowest BCUT2D eigenvalue weighted by Gasteiger charge is -2.13. The molecule has 2 N–H and O–H groups in total. The Kier molecular flexibility index (Phi) is 7.70. The van der Waals surface area contributed by atoms with Crippen molar-refractivity contribution in [2.45, 2.75) is 43.3 Å². The summed E-state index contributed by atoms with van der Waals surface area (Å²) >= 11 is 1.18. The standard InChI is InChI=1S/C22H26N4O4S2/c1-4-5-12-26-21(28)17-8-6-7-9-18(17)25-22(26)31-14-20(27)24-16-11-10-15(2)19(13-16)32(29,30)23-3/h6-11,13,23H,4-5,12,14H2,1-3H3,(H,24,27). The maximum atomic E-state index is 12.9. The summed E-state index contributed by atoms with van der Waals surface area (Å²) in [6.07, 6.45) is 1.75. The number of para-hydroxylation sites is 1. The molecule has 0 fully saturated rings. The van der Waals surface area contributed by atoms with Gasteiger partial charge < -0.3 is 5.32 Å². The van der Waals surface area contributed by atoms with Gasteiger partial charge in [0.25, 0.3) is 5.56 Å². The van der Waals surface area contributed by atoms with Crippen LogP contribution >= 0.6 is 11.8 Å². The van der Waals surface area contributed by atoms with Gasteiger partial charge in [0.05, 0.1) is 21.6 Å². The molecule has 0 bridgehead atoms. The van der Waals surface area contributed by atoms with E-state index in [1.165, 1.54) is 24.9 Å². The smallest absolute Gasteiger partial charge is 0.262 e. The van der Waals surface area contributed by atoms with E-state index in [-0.39, 0.29) is 22.1 Å². The van der Waals surface area contributed by atoms with Crippen LogP contribution in [-0.2, 0) is 21.4 Å². The van der Waals surface area contributed by atoms with Crippen LogP contribution in [0.3, 0.4) is 0 Å². The number of fused-ring (bicyclic) bond motifs is 1. The Morgan fingerprint density at radius 1 is 1.19 bits per heavy atom. The number of hydrogen-bond donors (Lipinski definition) is 2. The van der Waals surface area contributed by atoms with Gasteiger partial charge in [-0.3, -0.25) is 14.2 Å². The van der Waals surface area contributed by atoms with Gasteiger partial charge in [-0.2, -0.15) is 0 Å². The van der Waals surface area contributed by atoms with Gasteiger partial charge in [-0.1, -0.05) is 43.3 Å². The molecule has 0 aliphatic rings. The number of hydrogen-bond acceptors (Lipinski definition) is 6. The summed E-state index contributed by atoms with van der Waals surface area (Å²) in [5, 5.41) is 3.76. The van der Waals surface area contributed by atoms with Crippen LogP contribution in [0.25, 0.3) is 10.9 Å². The molecule has 2 aromatic carbocycles. The van der Waals surface area contributed by atoms with E-state index in [2.05, 4.69) is 15.0 Å². The van der Waals surface area contributed by atoms with E-state index in [1.807, 2.05) is 13.0 Å². The van der Waals surface area contributed by atoms with E-state index in [4.69, 9.17) is 0 Å². The fraction of sp³-hybridized carbons (Fsp3) is 0.318. The third-order valence-corrected chi connectivity index (χ3v) is 7.46. The monoisotopic (exact) mass is 474 g/mol. The largest absolute Gasteiger partial charge is 0.325 e. The molecule has 0 aliphatic heterocycles. The van der Waals surface area contributed by atoms with Gasteiger partial charge in [-0.25, -0.2) is 18.1 Å². The van der Waals surface area contributed by atoms with Crippen molar-refractivity contribution in [2.75, 3.05) is 18.1 Å². The molecule has 0 saturated carbocycles. The minimum Gasteiger partial charge on any atom is -0.325 e. The normalized spacial score (nSPS) is 11.6. The Morgan fingerprint density at radius 2 is 1.94 bits per heavy atom. The molecule has 32 heavy (non-hydrogen) atoms. The fourth-order valence-corrected chi connectivity index (χ4v) is 4.99. The molecule has 0 radical (unpaired) electrons. The number of benzene rings is 2. The molecule has 0 saturated heterocycles. The summed E-state index contributed by atoms with van der Waals surface area (Å²) in [6.45, 7) is 4.26. The third kappa shape index (κ3) is 5.37. The Labute approximate surface area is 191 Å². The summed E-state index contributed by atoms with van der Waals surface area (Å²) < 4.78 is 28.2. The first kappa shape index (κ1) is 24.0. The highest BCUT2D eigenvalue weighted by Crippen LogP contribution is 2.22. The second kappa shape index (κ2) is 10.3. The molecule has 3 rings (SSSR count). The molecule has 0 spiro atoms. The molecule has 0 aliphatic carbocycles. The van der Waals surface area contributed by atoms with Crippen LogP contribution < -0.4 is 15.6 Å². The molecule has 3 aromatic rings. The number of carbonyl (C=O) groups excluding carboxylic acids is 1. The maximum Gasteiger partial charge on any atom is 0.262 e. The van der Waals surface area contributed by atoms with Crippen LogP contribution in [0.2, 0.25) is 0 Å². The summed E-state index contributed by atoms with van der Waals surface area (Å²) in [5.41, 5.74) is 1.43. The number of nitrogens with zero attached hydrogens (tertiary/aromatic N) is 2. The van der Waals surface area contributed by atoms with Gasteiger partial charge >= 0.3 is 0 Å². The molecule has 1 amide bonds. The molecule has 0 unspecified atom stereocenters. The van der Waals surface area contributed by atoms with Crippen LogP contribution in [0.5, 0.6) is 0 Å². The summed E-state index contributed by atoms with van der Waals surface area (Å²) in [6, 6.07) is 11.9. The SMILES string of the molecule is CCCCn1c(SCC(=O)Nc2ccc(C)c(S(=O)(=O)NC)c2)nc2ccccc2c1=O. The number of sulfonamides is 1. The van der Waals surface area contributed by atoms with Crippen molar-refractivity contribution >= 4 is 44.3 Å². The predicted octanol–water partition coefficient (Wildman–Crippen LogP) is 3.14. The topological polar surface area (TPSA) is 110 Å². The number of unbranched alkanes of at least 4 members (excludes halogenated alkanes) is 1. The minimum atomic E-state index is -3.64. The van der Waals surface area contributed by atoms with Crippen molar-refractivity contribution < 1.29 is 13.2 Å². The summed E-state index contributed by atoms with van der Waals surface area (Å²) in [7, 11) is -2.30. The Bertz CT molecular complexity index is 1300. The van der Waals surface area contributed by atoms with Crippen LogP contribution in [0.1, 0.15) is 25.3 Å². The van der Waals surface area contributed by atoms with E-state index in [9.17, 15) is 18.0 Å². The molecular formula is C22H26N4O4S2. The first-order valence-corrected chi connectivity index (χ1v) is 12.7. The average molecular weight is 475 g/mol. The minimum absolute atomic E-state index is 0.0267. The molecule has 1 aromatic heterocycles. The molecular weight excluding hydrogens is 448 g/mol. The van der Waals surface area contributed by atoms with Gasteiger partial charge in [0.1, 0.15) is 0 Å². The number of thioether (sulfide) groups is 1. The van der Waals surface area contributed by atoms with Crippen LogP contribution in [0.15, 0.2) is 57.3 Å². The number of aromatic nitrogens is 2. The second-order valence-electron chi connectivity index (χ2n) is 7.25. The number of rotatable bonds is 9. The predicted molar refractivity (Wildman–Crippen MR) is 128 cm³/mol. The number of carbonyl (C=O) groups is 1. The van der Waals surface area contributed by atoms with E-state index < -0.39 is 10.0 Å². The number of amides is 1. The number of anilines is 1. The van der Waals surface area contributed by atoms with E-state index in [0.717, 1.165) is 12.8 Å². The first-order chi connectivity index (χ1) is 15.3. The zero-order valence-electron chi connectivity index (χ0n) is 18.2. The van der Waals surface area contributed by atoms with Gasteiger partial charge in [-0.05, 0) is 50.2 Å². The molecule has 1 heterocycles. The van der Waals surface area contributed by atoms with Crippen LogP contribution in [0.4, 0.5) is 5.69 Å². The molecule has 0 atom stereocenters. The number of nitrogens with one attached hydrogen (secondary N) is 2. The van der Waals surface area contributed by atoms with E-state index in [1.54, 1.807) is 41.8 Å². The van der Waals surface area contributed by atoms with Crippen LogP contribution in [0, 0.1) is 6.92 Å². The van der Waals surface area contributed by atoms with E-state index in [0.29, 0.717) is 33.9 Å². The van der Waals surface area contributed by atoms with Crippen molar-refractivity contribution in [3.8, 4) is 0 Å². The first-order valence-electron chi connectivity index (χ1n) is 10.2. The van der Waals surface area contributed by atoms with Crippen molar-refractivity contribution in [3.63, 3.8) is 0 Å². The molecule has 170 valence electrons. The molecule has 8 nitrogen and oxygen atoms in total. The fourth-order valence-electron chi connectivity index (χ4n) is 3.18. The highest BCUT2D eigenvalue weighted by atomic mass is 32.2. The maximum absolute atomic E-state index is 12.9. The highest BCUT2D eigenvalue weighted by Gasteiger charge is 2.17. The van der Waals surface area contributed by atoms with Crippen molar-refractivity contribution in [3.05, 3.63) is 58.4 Å². The van der Waals surface area contributed by atoms with Gasteiger partial charge in [0.2, 0.25) is 15.9 Å². The Balaban J connectivity index is 1.80. The Morgan fingerprint density at radius 3 is 2.66 bits per heavy atom. The quantitative estimate of drug-likeness (QED) is 0.364. The van der Waals surface area contributed by atoms with E-state index >= 15 is 0 Å². The molecule has 10 heteroatoms. The lowest BCUT2D eigenvalue weighted by atomic mass is 10.2. The zero-order chi connectivity index (χ0) is 23.3.